The lowest BCUT2D eigenvalue weighted by Gasteiger charge is -2.21. The van der Waals surface area contributed by atoms with Crippen LogP contribution in [0.1, 0.15) is 25.0 Å². The Kier molecular flexibility index (Phi) is 4.64. The van der Waals surface area contributed by atoms with Crippen LogP contribution in [0.4, 0.5) is 13.2 Å². The molecule has 7 heteroatoms. The van der Waals surface area contributed by atoms with Crippen molar-refractivity contribution in [3.63, 3.8) is 0 Å². The van der Waals surface area contributed by atoms with Crippen molar-refractivity contribution in [1.29, 1.82) is 0 Å². The van der Waals surface area contributed by atoms with Gasteiger partial charge in [-0.2, -0.15) is 13.2 Å². The van der Waals surface area contributed by atoms with Crippen molar-refractivity contribution in [2.45, 2.75) is 30.7 Å². The molecule has 0 amide bonds. The largest absolute Gasteiger partial charge is 0.397 e. The van der Waals surface area contributed by atoms with Gasteiger partial charge in [-0.15, -0.1) is 0 Å². The summed E-state index contributed by atoms with van der Waals surface area (Å²) in [5, 5.41) is 4.36. The Morgan fingerprint density at radius 1 is 1.47 bits per heavy atom. The van der Waals surface area contributed by atoms with Gasteiger partial charge in [-0.1, -0.05) is 6.07 Å². The molecule has 1 rings (SSSR count). The Hall–Kier alpha value is -0.950. The third kappa shape index (κ3) is 4.08. The maximum Gasteiger partial charge on any atom is 0.397 e. The molecule has 96 valence electrons. The number of alkyl halides is 3. The third-order valence-corrected chi connectivity index (χ3v) is 3.39. The van der Waals surface area contributed by atoms with Gasteiger partial charge in [0.25, 0.3) is 0 Å². The number of pyridine rings is 1. The molecule has 2 N–H and O–H groups in total. The summed E-state index contributed by atoms with van der Waals surface area (Å²) in [6.07, 6.45) is -3.44. The van der Waals surface area contributed by atoms with Gasteiger partial charge in [-0.25, -0.2) is 4.21 Å². The van der Waals surface area contributed by atoms with Crippen molar-refractivity contribution >= 4 is 11.0 Å². The highest BCUT2D eigenvalue weighted by Crippen LogP contribution is 2.37. The van der Waals surface area contributed by atoms with Crippen LogP contribution < -0.4 is 5.14 Å². The van der Waals surface area contributed by atoms with E-state index >= 15 is 0 Å². The first-order valence-corrected chi connectivity index (χ1v) is 6.22. The smallest absolute Gasteiger partial charge is 0.261 e. The van der Waals surface area contributed by atoms with Gasteiger partial charge in [0.1, 0.15) is 0 Å². The van der Waals surface area contributed by atoms with Crippen LogP contribution in [-0.2, 0) is 11.0 Å². The lowest BCUT2D eigenvalue weighted by atomic mass is 9.98. The summed E-state index contributed by atoms with van der Waals surface area (Å²) in [7, 11) is -1.77. The first kappa shape index (κ1) is 14.1. The van der Waals surface area contributed by atoms with E-state index < -0.39 is 28.3 Å². The summed E-state index contributed by atoms with van der Waals surface area (Å²) in [4.78, 5) is 3.70. The van der Waals surface area contributed by atoms with Crippen LogP contribution in [0, 0.1) is 0 Å². The average molecular weight is 266 g/mol. The lowest BCUT2D eigenvalue weighted by molar-refractivity contribution is -0.152. The Morgan fingerprint density at radius 3 is 2.53 bits per heavy atom. The molecule has 0 radical (unpaired) electrons. The molecular formula is C10H13F3N2OS. The number of nitrogens with zero attached hydrogens (tertiary/aromatic N) is 1. The molecule has 0 aliphatic carbocycles. The fourth-order valence-corrected chi connectivity index (χ4v) is 1.81. The standard InChI is InChI=1S/C10H13F3N2OS/c1-7(17(14)16)6-8(10(11,12)13)9-4-2-3-5-15-9/h2-5,7-8H,6,14H2,1H3/t7?,8-,17?/m1/s1. The van der Waals surface area contributed by atoms with E-state index in [1.807, 2.05) is 0 Å². The van der Waals surface area contributed by atoms with E-state index in [-0.39, 0.29) is 12.1 Å². The number of nitrogens with two attached hydrogens (primary N) is 1. The number of halogens is 3. The van der Waals surface area contributed by atoms with Gasteiger partial charge >= 0.3 is 6.18 Å². The molecule has 1 aromatic rings. The highest BCUT2D eigenvalue weighted by molar-refractivity contribution is 7.83. The van der Waals surface area contributed by atoms with Crippen LogP contribution in [0.25, 0.3) is 0 Å². The minimum atomic E-state index is -4.41. The molecule has 17 heavy (non-hydrogen) atoms. The Balaban J connectivity index is 2.94. The summed E-state index contributed by atoms with van der Waals surface area (Å²) in [5.74, 6) is -1.73. The molecule has 1 heterocycles. The number of rotatable bonds is 4. The minimum absolute atomic E-state index is 0.0719. The van der Waals surface area contributed by atoms with Crippen molar-refractivity contribution in [3.05, 3.63) is 30.1 Å². The quantitative estimate of drug-likeness (QED) is 0.907. The Bertz CT molecular complexity index is 383. The second-order valence-electron chi connectivity index (χ2n) is 3.72. The average Bonchev–Trinajstić information content (AvgIpc) is 2.25. The number of aromatic nitrogens is 1. The van der Waals surface area contributed by atoms with E-state index in [9.17, 15) is 17.4 Å². The van der Waals surface area contributed by atoms with Crippen molar-refractivity contribution in [2.75, 3.05) is 0 Å². The highest BCUT2D eigenvalue weighted by atomic mass is 32.2. The zero-order chi connectivity index (χ0) is 13.1. The molecule has 0 aliphatic heterocycles. The van der Waals surface area contributed by atoms with Gasteiger partial charge in [0.15, 0.2) is 0 Å². The zero-order valence-electron chi connectivity index (χ0n) is 9.15. The molecule has 3 nitrogen and oxygen atoms in total. The maximum atomic E-state index is 12.8. The SMILES string of the molecule is CC(C[C@H](c1ccccn1)C(F)(F)F)S(N)=O. The van der Waals surface area contributed by atoms with Crippen molar-refractivity contribution in [1.82, 2.24) is 4.98 Å². The van der Waals surface area contributed by atoms with Crippen LogP contribution in [0.5, 0.6) is 0 Å². The van der Waals surface area contributed by atoms with Gasteiger partial charge in [0.2, 0.25) is 0 Å². The van der Waals surface area contributed by atoms with Crippen LogP contribution >= 0.6 is 0 Å². The van der Waals surface area contributed by atoms with Gasteiger partial charge in [-0.3, -0.25) is 10.1 Å². The summed E-state index contributed by atoms with van der Waals surface area (Å²) in [6, 6.07) is 4.34. The van der Waals surface area contributed by atoms with Crippen molar-refractivity contribution in [3.8, 4) is 0 Å². The van der Waals surface area contributed by atoms with Crippen LogP contribution in [-0.4, -0.2) is 20.6 Å². The molecule has 0 aliphatic rings. The molecule has 0 saturated carbocycles. The molecule has 3 atom stereocenters. The van der Waals surface area contributed by atoms with Gasteiger partial charge in [-0.05, 0) is 25.5 Å². The predicted molar refractivity (Wildman–Crippen MR) is 59.4 cm³/mol. The molecule has 0 spiro atoms. The fourth-order valence-electron chi connectivity index (χ4n) is 1.43. The normalized spacial score (nSPS) is 17.5. The molecule has 1 aromatic heterocycles. The summed E-state index contributed by atoms with van der Waals surface area (Å²) in [6.45, 7) is 1.43. The highest BCUT2D eigenvalue weighted by Gasteiger charge is 2.42. The van der Waals surface area contributed by atoms with Crippen LogP contribution in [0.15, 0.2) is 24.4 Å². The molecule has 0 bridgehead atoms. The van der Waals surface area contributed by atoms with Crippen LogP contribution in [0.3, 0.4) is 0 Å². The lowest BCUT2D eigenvalue weighted by Crippen LogP contribution is -2.29. The Labute approximate surface area is 99.8 Å². The molecule has 2 unspecified atom stereocenters. The maximum absolute atomic E-state index is 12.8. The first-order chi connectivity index (χ1) is 7.82. The van der Waals surface area contributed by atoms with Gasteiger partial charge in [0.05, 0.1) is 22.6 Å². The van der Waals surface area contributed by atoms with E-state index in [0.717, 1.165) is 0 Å². The van der Waals surface area contributed by atoms with E-state index in [2.05, 4.69) is 4.98 Å². The Morgan fingerprint density at radius 2 is 2.12 bits per heavy atom. The van der Waals surface area contributed by atoms with Crippen LogP contribution in [0.2, 0.25) is 0 Å². The topological polar surface area (TPSA) is 56.0 Å². The van der Waals surface area contributed by atoms with E-state index in [4.69, 9.17) is 5.14 Å². The summed E-state index contributed by atoms with van der Waals surface area (Å²) >= 11 is 0. The van der Waals surface area contributed by atoms with Gasteiger partial charge < -0.3 is 0 Å². The number of hydrogen-bond donors (Lipinski definition) is 1. The van der Waals surface area contributed by atoms with E-state index in [1.54, 1.807) is 6.07 Å². The zero-order valence-corrected chi connectivity index (χ0v) is 9.96. The molecule has 0 saturated heterocycles. The monoisotopic (exact) mass is 266 g/mol. The summed E-state index contributed by atoms with van der Waals surface area (Å²) < 4.78 is 49.5. The van der Waals surface area contributed by atoms with Crippen molar-refractivity contribution < 1.29 is 17.4 Å². The summed E-state index contributed by atoms with van der Waals surface area (Å²) in [5.41, 5.74) is -0.0719. The van der Waals surface area contributed by atoms with Crippen molar-refractivity contribution in [2.24, 2.45) is 5.14 Å². The second kappa shape index (κ2) is 5.59. The first-order valence-electron chi connectivity index (χ1n) is 4.95. The third-order valence-electron chi connectivity index (χ3n) is 2.40. The molecule has 0 aromatic carbocycles. The van der Waals surface area contributed by atoms with E-state index in [1.165, 1.54) is 25.3 Å². The van der Waals surface area contributed by atoms with E-state index in [0.29, 0.717) is 0 Å². The second-order valence-corrected chi connectivity index (χ2v) is 5.19. The molecule has 0 fully saturated rings. The molecular weight excluding hydrogens is 253 g/mol. The minimum Gasteiger partial charge on any atom is -0.261 e. The van der Waals surface area contributed by atoms with Gasteiger partial charge in [0, 0.05) is 11.4 Å². The number of hydrogen-bond acceptors (Lipinski definition) is 2. The predicted octanol–water partition coefficient (Wildman–Crippen LogP) is 2.13. The fraction of sp³-hybridized carbons (Fsp3) is 0.500.